The number of aryl methyl sites for hydroxylation is 2. The molecule has 4 heteroatoms. The Morgan fingerprint density at radius 2 is 1.39 bits per heavy atom. The van der Waals surface area contributed by atoms with Gasteiger partial charge in [-0.2, -0.15) is 0 Å². The lowest BCUT2D eigenvalue weighted by Gasteiger charge is -2.28. The zero-order chi connectivity index (χ0) is 20.1. The lowest BCUT2D eigenvalue weighted by Crippen LogP contribution is -2.18. The maximum absolute atomic E-state index is 11.6. The number of aliphatic hydroxyl groups is 2. The molecule has 0 aliphatic carbocycles. The molecule has 3 rings (SSSR count). The Hall–Kier alpha value is -2.19. The van der Waals surface area contributed by atoms with E-state index in [1.54, 1.807) is 0 Å². The molecule has 2 N–H and O–H groups in total. The van der Waals surface area contributed by atoms with Crippen LogP contribution in [-0.4, -0.2) is 23.4 Å². The zero-order valence-corrected chi connectivity index (χ0v) is 17.5. The van der Waals surface area contributed by atoms with E-state index in [4.69, 9.17) is 9.84 Å². The third-order valence-corrected chi connectivity index (χ3v) is 7.33. The van der Waals surface area contributed by atoms with E-state index in [1.165, 1.54) is 0 Å². The molecule has 0 bridgehead atoms. The first-order valence-corrected chi connectivity index (χ1v) is 10.9. The van der Waals surface area contributed by atoms with Crippen molar-refractivity contribution in [2.24, 2.45) is 0 Å². The third-order valence-electron chi connectivity index (χ3n) is 4.87. The lowest BCUT2D eigenvalue weighted by atomic mass is 9.99. The fourth-order valence-electron chi connectivity index (χ4n) is 3.69. The van der Waals surface area contributed by atoms with Crippen LogP contribution in [0.15, 0.2) is 66.7 Å². The highest BCUT2D eigenvalue weighted by atomic mass is 31.1. The maximum Gasteiger partial charge on any atom is 0.125 e. The Morgan fingerprint density at radius 3 is 1.89 bits per heavy atom. The maximum atomic E-state index is 11.6. The van der Waals surface area contributed by atoms with Crippen LogP contribution in [0.25, 0.3) is 0 Å². The van der Waals surface area contributed by atoms with Crippen LogP contribution in [0.3, 0.4) is 0 Å². The molecule has 0 spiro atoms. The lowest BCUT2D eigenvalue weighted by molar-refractivity contribution is 0.199. The second kappa shape index (κ2) is 9.34. The highest BCUT2D eigenvalue weighted by Crippen LogP contribution is 2.50. The van der Waals surface area contributed by atoms with Gasteiger partial charge in [0.1, 0.15) is 18.2 Å². The number of hydrogen-bond donors (Lipinski definition) is 2. The van der Waals surface area contributed by atoms with Gasteiger partial charge in [-0.25, -0.2) is 0 Å². The number of rotatable bonds is 7. The summed E-state index contributed by atoms with van der Waals surface area (Å²) in [5.74, 6) is 0.0987. The van der Waals surface area contributed by atoms with Gasteiger partial charge in [-0.1, -0.05) is 66.7 Å². The molecule has 146 valence electrons. The smallest absolute Gasteiger partial charge is 0.125 e. The predicted octanol–water partition coefficient (Wildman–Crippen LogP) is 4.11. The second-order valence-electron chi connectivity index (χ2n) is 6.87. The summed E-state index contributed by atoms with van der Waals surface area (Å²) in [4.78, 5) is 0. The molecule has 0 aliphatic heterocycles. The molecule has 3 aromatic carbocycles. The van der Waals surface area contributed by atoms with E-state index in [0.29, 0.717) is 0 Å². The summed E-state index contributed by atoms with van der Waals surface area (Å²) in [6.45, 7) is 6.24. The molecule has 0 amide bonds. The van der Waals surface area contributed by atoms with Crippen LogP contribution < -0.4 is 15.3 Å². The minimum Gasteiger partial charge on any atom is -0.491 e. The summed E-state index contributed by atoms with van der Waals surface area (Å²) in [6, 6.07) is 22.5. The molecule has 0 saturated heterocycles. The Labute approximate surface area is 168 Å². The van der Waals surface area contributed by atoms with Crippen molar-refractivity contribution in [1.29, 1.82) is 0 Å². The fraction of sp³-hybridized carbons (Fsp3) is 0.250. The van der Waals surface area contributed by atoms with Crippen LogP contribution in [0.1, 0.15) is 28.1 Å². The van der Waals surface area contributed by atoms with Gasteiger partial charge >= 0.3 is 0 Å². The molecular formula is C24H27O3P. The molecule has 0 aromatic heterocycles. The zero-order valence-electron chi connectivity index (χ0n) is 16.6. The van der Waals surface area contributed by atoms with Crippen molar-refractivity contribution >= 4 is 18.5 Å². The van der Waals surface area contributed by atoms with Crippen molar-refractivity contribution in [2.75, 3.05) is 13.2 Å². The van der Waals surface area contributed by atoms with Gasteiger partial charge in [-0.15, -0.1) is 0 Å². The summed E-state index contributed by atoms with van der Waals surface area (Å²) in [5, 5.41) is 23.0. The highest BCUT2D eigenvalue weighted by molar-refractivity contribution is 7.73. The molecule has 1 atom stereocenters. The summed E-state index contributed by atoms with van der Waals surface area (Å²) < 4.78 is 5.80. The Balaban J connectivity index is 2.13. The van der Waals surface area contributed by atoms with Gasteiger partial charge in [0.05, 0.1) is 6.61 Å². The van der Waals surface area contributed by atoms with Crippen LogP contribution in [-0.2, 0) is 0 Å². The molecule has 0 fully saturated rings. The Morgan fingerprint density at radius 1 is 0.857 bits per heavy atom. The topological polar surface area (TPSA) is 49.7 Å². The summed E-state index contributed by atoms with van der Waals surface area (Å²) in [5.41, 5.74) is 3.93. The SMILES string of the molecule is Cc1cc(C)c(C(O)P(c2ccccc2)c2ccccc2)c(C)c1OCCO. The van der Waals surface area contributed by atoms with Crippen LogP contribution in [0.2, 0.25) is 0 Å². The molecule has 0 saturated carbocycles. The van der Waals surface area contributed by atoms with Crippen molar-refractivity contribution < 1.29 is 14.9 Å². The normalized spacial score (nSPS) is 12.2. The van der Waals surface area contributed by atoms with Gasteiger partial charge in [-0.3, -0.25) is 0 Å². The van der Waals surface area contributed by atoms with Crippen LogP contribution in [0, 0.1) is 20.8 Å². The fourth-order valence-corrected chi connectivity index (χ4v) is 6.19. The van der Waals surface area contributed by atoms with E-state index in [0.717, 1.165) is 38.6 Å². The van der Waals surface area contributed by atoms with Gasteiger partial charge in [0.25, 0.3) is 0 Å². The Bertz CT molecular complexity index is 871. The van der Waals surface area contributed by atoms with Gasteiger partial charge in [0, 0.05) is 0 Å². The molecule has 3 aromatic rings. The van der Waals surface area contributed by atoms with Gasteiger partial charge < -0.3 is 14.9 Å². The summed E-state index contributed by atoms with van der Waals surface area (Å²) in [7, 11) is -1.01. The van der Waals surface area contributed by atoms with Crippen molar-refractivity contribution in [3.63, 3.8) is 0 Å². The number of aliphatic hydroxyl groups excluding tert-OH is 2. The van der Waals surface area contributed by atoms with Crippen molar-refractivity contribution in [3.05, 3.63) is 89.0 Å². The minimum absolute atomic E-state index is 0.0363. The molecule has 0 aliphatic rings. The van der Waals surface area contributed by atoms with Crippen molar-refractivity contribution in [3.8, 4) is 5.75 Å². The van der Waals surface area contributed by atoms with Crippen LogP contribution in [0.4, 0.5) is 0 Å². The number of hydrogen-bond acceptors (Lipinski definition) is 3. The van der Waals surface area contributed by atoms with Crippen LogP contribution >= 0.6 is 7.92 Å². The van der Waals surface area contributed by atoms with E-state index >= 15 is 0 Å². The van der Waals surface area contributed by atoms with Gasteiger partial charge in [0.15, 0.2) is 0 Å². The first-order valence-electron chi connectivity index (χ1n) is 9.46. The number of benzene rings is 3. The van der Waals surface area contributed by atoms with E-state index < -0.39 is 13.8 Å². The average molecular weight is 394 g/mol. The molecule has 1 unspecified atom stereocenters. The molecule has 3 nitrogen and oxygen atoms in total. The molecule has 28 heavy (non-hydrogen) atoms. The predicted molar refractivity (Wildman–Crippen MR) is 117 cm³/mol. The van der Waals surface area contributed by atoms with E-state index in [1.807, 2.05) is 57.2 Å². The van der Waals surface area contributed by atoms with Crippen molar-refractivity contribution in [1.82, 2.24) is 0 Å². The summed E-state index contributed by atoms with van der Waals surface area (Å²) in [6.07, 6.45) is 0. The molecule has 0 heterocycles. The third kappa shape index (κ3) is 4.28. The minimum atomic E-state index is -1.01. The first-order chi connectivity index (χ1) is 13.5. The standard InChI is InChI=1S/C24H27O3P/c1-17-16-18(2)23(27-15-14-25)19(3)22(17)24(26)28(20-10-6-4-7-11-20)21-12-8-5-9-13-21/h4-13,16,24-26H,14-15H2,1-3H3. The monoisotopic (exact) mass is 394 g/mol. The van der Waals surface area contributed by atoms with Crippen LogP contribution in [0.5, 0.6) is 5.75 Å². The Kier molecular flexibility index (Phi) is 6.85. The average Bonchev–Trinajstić information content (AvgIpc) is 2.69. The van der Waals surface area contributed by atoms with Crippen molar-refractivity contribution in [2.45, 2.75) is 26.6 Å². The molecular weight excluding hydrogens is 367 g/mol. The molecule has 0 radical (unpaired) electrons. The first kappa shape index (κ1) is 20.5. The second-order valence-corrected chi connectivity index (χ2v) is 9.13. The highest BCUT2D eigenvalue weighted by Gasteiger charge is 2.28. The van der Waals surface area contributed by atoms with E-state index in [-0.39, 0.29) is 13.2 Å². The van der Waals surface area contributed by atoms with Gasteiger partial charge in [0.2, 0.25) is 0 Å². The largest absolute Gasteiger partial charge is 0.491 e. The number of ether oxygens (including phenoxy) is 1. The summed E-state index contributed by atoms with van der Waals surface area (Å²) >= 11 is 0. The quantitative estimate of drug-likeness (QED) is 0.593. The van der Waals surface area contributed by atoms with E-state index in [9.17, 15) is 5.11 Å². The van der Waals surface area contributed by atoms with E-state index in [2.05, 4.69) is 30.3 Å². The van der Waals surface area contributed by atoms with Gasteiger partial charge in [-0.05, 0) is 61.6 Å².